The van der Waals surface area contributed by atoms with Crippen LogP contribution in [-0.2, 0) is 53.2 Å². The number of carboxylic acid groups (broad SMARTS) is 2. The smallest absolute Gasteiger partial charge is 0.548 e. The third kappa shape index (κ3) is 25.2. The molecule has 0 aliphatic heterocycles. The largest absolute Gasteiger partial charge is 2.00 e. The number of hydrogen-bond donors (Lipinski definition) is 4. The molecule has 43 heavy (non-hydrogen) atoms. The Bertz CT molecular complexity index is 691. The summed E-state index contributed by atoms with van der Waals surface area (Å²) < 4.78 is 34.3. The summed E-state index contributed by atoms with van der Waals surface area (Å²) in [5, 5.41) is 26.1. The third-order valence-corrected chi connectivity index (χ3v) is 11.2. The molecular formula is C24H52CuN6O10Si2. The molecule has 1 radical (unpaired) electrons. The minimum absolute atomic E-state index is 0. The minimum Gasteiger partial charge on any atom is -0.548 e. The van der Waals surface area contributed by atoms with Gasteiger partial charge in [-0.2, -0.15) is 0 Å². The van der Waals surface area contributed by atoms with Crippen molar-refractivity contribution in [3.8, 4) is 0 Å². The molecule has 0 spiro atoms. The number of carboxylic acids is 2. The molecule has 0 bridgehead atoms. The van der Waals surface area contributed by atoms with Crippen LogP contribution < -0.4 is 32.3 Å². The molecule has 0 aliphatic carbocycles. The first kappa shape index (κ1) is 45.6. The monoisotopic (exact) mass is 703 g/mol. The van der Waals surface area contributed by atoms with E-state index in [1.54, 1.807) is 0 Å². The standard InChI is InChI=1S/2C12H27N3O5Si.Cu/c2*1-4-18-21(19-5-2,20-6-3)9-7-8-14-12(13)15-10-11(16)17;/h2*4-10H2,1-3H3,(H,16,17)(H3,13,14,15);/q;;+2/p-2. The Balaban J connectivity index is -0.000000727. The summed E-state index contributed by atoms with van der Waals surface area (Å²) in [4.78, 5) is 27.7. The van der Waals surface area contributed by atoms with E-state index in [4.69, 9.17) is 38.0 Å². The summed E-state index contributed by atoms with van der Waals surface area (Å²) in [5.74, 6) is -2.38. The first-order chi connectivity index (χ1) is 20.0. The van der Waals surface area contributed by atoms with E-state index in [1.165, 1.54) is 0 Å². The molecule has 19 heteroatoms. The van der Waals surface area contributed by atoms with Crippen LogP contribution in [0.1, 0.15) is 54.4 Å². The fourth-order valence-electron chi connectivity index (χ4n) is 3.46. The number of nitrogens with zero attached hydrogens (tertiary/aromatic N) is 2. The molecule has 0 aromatic rings. The molecule has 0 aromatic heterocycles. The second kappa shape index (κ2) is 28.9. The molecule has 0 saturated carbocycles. The van der Waals surface area contributed by atoms with Crippen LogP contribution in [0.25, 0.3) is 0 Å². The van der Waals surface area contributed by atoms with Gasteiger partial charge < -0.3 is 68.5 Å². The topological polar surface area (TPSA) is 236 Å². The summed E-state index contributed by atoms with van der Waals surface area (Å²) in [6.45, 7) is 14.8. The number of carbonyl (C=O) groups is 2. The Morgan fingerprint density at radius 2 is 0.860 bits per heavy atom. The zero-order valence-corrected chi connectivity index (χ0v) is 29.3. The van der Waals surface area contributed by atoms with Gasteiger partial charge in [-0.3, -0.25) is 0 Å². The zero-order valence-electron chi connectivity index (χ0n) is 26.3. The van der Waals surface area contributed by atoms with Crippen LogP contribution in [0.5, 0.6) is 0 Å². The molecule has 0 heterocycles. The number of carbonyl (C=O) groups excluding carboxylic acids is 2. The molecule has 16 nitrogen and oxygen atoms in total. The van der Waals surface area contributed by atoms with Crippen molar-refractivity contribution in [1.29, 1.82) is 0 Å². The quantitative estimate of drug-likeness (QED) is 0.0374. The van der Waals surface area contributed by atoms with Gasteiger partial charge in [0.2, 0.25) is 0 Å². The van der Waals surface area contributed by atoms with E-state index in [-0.39, 0.29) is 29.0 Å². The van der Waals surface area contributed by atoms with Crippen molar-refractivity contribution in [3.05, 3.63) is 0 Å². The van der Waals surface area contributed by atoms with Crippen LogP contribution in [0, 0.1) is 0 Å². The van der Waals surface area contributed by atoms with Gasteiger partial charge in [-0.15, -0.1) is 0 Å². The maximum absolute atomic E-state index is 10.2. The number of rotatable bonds is 24. The SMILES string of the molecule is CCO[Si](CCCNC(N)=NCC(=O)[O-])(OCC)OCC.CCO[Si](CCCNC(N)=NCC(=O)[O-])(OCC)OCC.[Cu+2]. The van der Waals surface area contributed by atoms with Gasteiger partial charge in [-0.05, 0) is 54.4 Å². The Hall–Kier alpha value is -1.81. The molecule has 0 aromatic carbocycles. The number of aliphatic imine (C=N–C) groups is 2. The molecule has 0 rings (SSSR count). The second-order valence-electron chi connectivity index (χ2n) is 8.17. The second-order valence-corrected chi connectivity index (χ2v) is 13.6. The molecule has 0 aliphatic rings. The number of nitrogens with one attached hydrogen (secondary N) is 2. The van der Waals surface area contributed by atoms with Crippen LogP contribution in [0.4, 0.5) is 0 Å². The number of aliphatic carboxylic acids is 2. The van der Waals surface area contributed by atoms with Crippen LogP contribution in [0.2, 0.25) is 12.1 Å². The van der Waals surface area contributed by atoms with E-state index < -0.39 is 42.6 Å². The normalized spacial score (nSPS) is 12.1. The molecule has 0 fully saturated rings. The van der Waals surface area contributed by atoms with Gasteiger partial charge in [0.05, 0.1) is 25.0 Å². The number of hydrogen-bond acceptors (Lipinski definition) is 12. The Morgan fingerprint density at radius 1 is 0.605 bits per heavy atom. The van der Waals surface area contributed by atoms with E-state index >= 15 is 0 Å². The van der Waals surface area contributed by atoms with E-state index in [2.05, 4.69) is 20.6 Å². The summed E-state index contributed by atoms with van der Waals surface area (Å²) in [7, 11) is -5.26. The molecule has 0 saturated heterocycles. The molecular weight excluding hydrogens is 652 g/mol. The summed E-state index contributed by atoms with van der Waals surface area (Å²) >= 11 is 0. The summed E-state index contributed by atoms with van der Waals surface area (Å²) in [6.07, 6.45) is 1.43. The van der Waals surface area contributed by atoms with Crippen LogP contribution in [-0.4, -0.2) is 107 Å². The average Bonchev–Trinajstić information content (AvgIpc) is 2.92. The van der Waals surface area contributed by atoms with Crippen LogP contribution in [0.15, 0.2) is 9.98 Å². The van der Waals surface area contributed by atoms with Gasteiger partial charge in [0.25, 0.3) is 0 Å². The predicted octanol–water partition coefficient (Wildman–Crippen LogP) is -1.84. The maximum atomic E-state index is 10.2. The van der Waals surface area contributed by atoms with Gasteiger partial charge in [-0.25, -0.2) is 9.98 Å². The molecule has 0 atom stereocenters. The zero-order chi connectivity index (χ0) is 32.3. The third-order valence-electron chi connectivity index (χ3n) is 4.87. The van der Waals surface area contributed by atoms with Crippen LogP contribution in [0.3, 0.4) is 0 Å². The number of nitrogens with two attached hydrogens (primary N) is 2. The van der Waals surface area contributed by atoms with Crippen molar-refractivity contribution in [2.75, 3.05) is 65.8 Å². The van der Waals surface area contributed by atoms with Crippen molar-refractivity contribution in [2.45, 2.75) is 66.5 Å². The van der Waals surface area contributed by atoms with E-state index in [1.807, 2.05) is 41.5 Å². The van der Waals surface area contributed by atoms with Crippen molar-refractivity contribution in [2.24, 2.45) is 21.5 Å². The fourth-order valence-corrected chi connectivity index (χ4v) is 8.68. The number of guanidine groups is 2. The van der Waals surface area contributed by atoms with Crippen molar-refractivity contribution < 1.29 is 63.4 Å². The van der Waals surface area contributed by atoms with Gasteiger partial charge in [0, 0.05) is 64.8 Å². The van der Waals surface area contributed by atoms with Gasteiger partial charge >= 0.3 is 34.7 Å². The van der Waals surface area contributed by atoms with Crippen molar-refractivity contribution in [3.63, 3.8) is 0 Å². The molecule has 257 valence electrons. The van der Waals surface area contributed by atoms with Gasteiger partial charge in [0.15, 0.2) is 11.9 Å². The van der Waals surface area contributed by atoms with E-state index in [0.717, 1.165) is 0 Å². The Kier molecular flexibility index (Phi) is 30.7. The van der Waals surface area contributed by atoms with Gasteiger partial charge in [0.1, 0.15) is 0 Å². The van der Waals surface area contributed by atoms with Crippen molar-refractivity contribution in [1.82, 2.24) is 10.6 Å². The van der Waals surface area contributed by atoms with Crippen LogP contribution >= 0.6 is 0 Å². The summed E-state index contributed by atoms with van der Waals surface area (Å²) in [5.41, 5.74) is 11.0. The predicted molar refractivity (Wildman–Crippen MR) is 159 cm³/mol. The minimum atomic E-state index is -2.63. The fraction of sp³-hybridized carbons (Fsp3) is 0.833. The van der Waals surface area contributed by atoms with Gasteiger partial charge in [-0.1, -0.05) is 0 Å². The van der Waals surface area contributed by atoms with E-state index in [0.29, 0.717) is 77.7 Å². The molecule has 6 N–H and O–H groups in total. The summed E-state index contributed by atoms with van der Waals surface area (Å²) in [6, 6.07) is 1.31. The Labute approximate surface area is 268 Å². The average molecular weight is 704 g/mol. The molecule has 0 amide bonds. The molecule has 0 unspecified atom stereocenters. The maximum Gasteiger partial charge on any atom is 2.00 e. The van der Waals surface area contributed by atoms with E-state index in [9.17, 15) is 19.8 Å². The first-order valence-electron chi connectivity index (χ1n) is 14.3. The van der Waals surface area contributed by atoms with Crippen molar-refractivity contribution >= 4 is 41.5 Å². The first-order valence-corrected chi connectivity index (χ1v) is 18.2. The Morgan fingerprint density at radius 3 is 1.07 bits per heavy atom.